The van der Waals surface area contributed by atoms with Crippen LogP contribution >= 0.6 is 0 Å². The average molecular weight is 331 g/mol. The van der Waals surface area contributed by atoms with Gasteiger partial charge in [-0.05, 0) is 54.8 Å². The Morgan fingerprint density at radius 1 is 1.09 bits per heavy atom. The molecule has 0 saturated carbocycles. The molecule has 0 aliphatic carbocycles. The first-order valence-electron chi connectivity index (χ1n) is 7.19. The van der Waals surface area contributed by atoms with Crippen LogP contribution in [0, 0.1) is 13.8 Å². The predicted octanol–water partition coefficient (Wildman–Crippen LogP) is 2.63. The van der Waals surface area contributed by atoms with E-state index in [-0.39, 0.29) is 0 Å². The van der Waals surface area contributed by atoms with Gasteiger partial charge in [-0.25, -0.2) is 13.4 Å². The molecule has 6 heteroatoms. The summed E-state index contributed by atoms with van der Waals surface area (Å²) in [7, 11) is -3.17. The molecule has 3 N–H and O–H groups in total. The summed E-state index contributed by atoms with van der Waals surface area (Å²) >= 11 is 0. The summed E-state index contributed by atoms with van der Waals surface area (Å²) in [6.07, 6.45) is 1.19. The second-order valence-electron chi connectivity index (χ2n) is 5.54. The number of nitrogens with two attached hydrogens (primary N) is 1. The molecule has 0 unspecified atom stereocenters. The molecule has 0 bridgehead atoms. The Bertz CT molecular complexity index is 825. The summed E-state index contributed by atoms with van der Waals surface area (Å²) in [6, 6.07) is 12.6. The number of sulfone groups is 1. The van der Waals surface area contributed by atoms with Gasteiger partial charge < -0.3 is 11.1 Å². The molecule has 0 radical (unpaired) electrons. The molecule has 0 heterocycles. The maximum absolute atomic E-state index is 11.4. The van der Waals surface area contributed by atoms with E-state index in [1.807, 2.05) is 25.1 Å². The monoisotopic (exact) mass is 331 g/mol. The van der Waals surface area contributed by atoms with Gasteiger partial charge in [-0.15, -0.1) is 0 Å². The summed E-state index contributed by atoms with van der Waals surface area (Å²) in [5, 5.41) is 3.05. The molecular weight excluding hydrogens is 310 g/mol. The smallest absolute Gasteiger partial charge is 0.193 e. The largest absolute Gasteiger partial charge is 0.370 e. The highest BCUT2D eigenvalue weighted by Crippen LogP contribution is 2.14. The van der Waals surface area contributed by atoms with Gasteiger partial charge in [0.2, 0.25) is 0 Å². The van der Waals surface area contributed by atoms with Crippen LogP contribution in [0.2, 0.25) is 0 Å². The van der Waals surface area contributed by atoms with Crippen LogP contribution in [-0.2, 0) is 16.4 Å². The van der Waals surface area contributed by atoms with Gasteiger partial charge in [0.15, 0.2) is 15.8 Å². The van der Waals surface area contributed by atoms with E-state index in [0.717, 1.165) is 11.3 Å². The van der Waals surface area contributed by atoms with Gasteiger partial charge in [0, 0.05) is 11.9 Å². The van der Waals surface area contributed by atoms with Crippen molar-refractivity contribution in [3.8, 4) is 0 Å². The van der Waals surface area contributed by atoms with E-state index < -0.39 is 9.84 Å². The molecule has 5 nitrogen and oxygen atoms in total. The van der Waals surface area contributed by atoms with Crippen molar-refractivity contribution in [1.29, 1.82) is 0 Å². The third-order valence-corrected chi connectivity index (χ3v) is 4.69. The Morgan fingerprint density at radius 2 is 1.74 bits per heavy atom. The molecule has 23 heavy (non-hydrogen) atoms. The molecule has 0 aliphatic rings. The molecule has 0 atom stereocenters. The number of aryl methyl sites for hydroxylation is 2. The molecule has 0 aliphatic heterocycles. The number of guanidine groups is 1. The minimum Gasteiger partial charge on any atom is -0.370 e. The van der Waals surface area contributed by atoms with Crippen molar-refractivity contribution in [2.45, 2.75) is 25.3 Å². The van der Waals surface area contributed by atoms with Crippen LogP contribution in [-0.4, -0.2) is 20.6 Å². The summed E-state index contributed by atoms with van der Waals surface area (Å²) in [4.78, 5) is 4.57. The van der Waals surface area contributed by atoms with Crippen molar-refractivity contribution in [3.05, 3.63) is 59.2 Å². The fourth-order valence-electron chi connectivity index (χ4n) is 2.03. The Hall–Kier alpha value is -2.34. The fourth-order valence-corrected chi connectivity index (χ4v) is 2.66. The highest BCUT2D eigenvalue weighted by molar-refractivity contribution is 7.90. The summed E-state index contributed by atoms with van der Waals surface area (Å²) in [5.41, 5.74) is 10.1. The zero-order valence-corrected chi connectivity index (χ0v) is 14.3. The van der Waals surface area contributed by atoms with E-state index in [2.05, 4.69) is 17.2 Å². The average Bonchev–Trinajstić information content (AvgIpc) is 2.48. The zero-order valence-electron chi connectivity index (χ0n) is 13.5. The summed E-state index contributed by atoms with van der Waals surface area (Å²) in [6.45, 7) is 4.47. The second kappa shape index (κ2) is 6.83. The molecule has 2 aromatic rings. The topological polar surface area (TPSA) is 84.5 Å². The fraction of sp³-hybridized carbons (Fsp3) is 0.235. The number of hydrogen-bond donors (Lipinski definition) is 2. The molecule has 0 fully saturated rings. The summed E-state index contributed by atoms with van der Waals surface area (Å²) < 4.78 is 22.8. The van der Waals surface area contributed by atoms with Gasteiger partial charge >= 0.3 is 0 Å². The van der Waals surface area contributed by atoms with Crippen molar-refractivity contribution >= 4 is 21.5 Å². The Labute approximate surface area is 137 Å². The molecule has 0 saturated heterocycles. The highest BCUT2D eigenvalue weighted by atomic mass is 32.2. The van der Waals surface area contributed by atoms with E-state index in [0.29, 0.717) is 17.4 Å². The molecule has 0 amide bonds. The third kappa shape index (κ3) is 4.82. The molecule has 2 rings (SSSR count). The van der Waals surface area contributed by atoms with Crippen molar-refractivity contribution in [2.24, 2.45) is 10.7 Å². The van der Waals surface area contributed by atoms with E-state index in [1.165, 1.54) is 17.4 Å². The first-order valence-corrected chi connectivity index (χ1v) is 9.08. The van der Waals surface area contributed by atoms with Crippen molar-refractivity contribution in [3.63, 3.8) is 0 Å². The number of nitrogens with zero attached hydrogens (tertiary/aromatic N) is 1. The van der Waals surface area contributed by atoms with E-state index >= 15 is 0 Å². The lowest BCUT2D eigenvalue weighted by Crippen LogP contribution is -2.22. The third-order valence-electron chi connectivity index (χ3n) is 3.56. The first kappa shape index (κ1) is 17.0. The van der Waals surface area contributed by atoms with Crippen molar-refractivity contribution < 1.29 is 8.42 Å². The van der Waals surface area contributed by atoms with Crippen LogP contribution in [0.25, 0.3) is 0 Å². The van der Waals surface area contributed by atoms with E-state index in [9.17, 15) is 8.42 Å². The number of aliphatic imine (C=N–C) groups is 1. The molecular formula is C17H21N3O2S. The van der Waals surface area contributed by atoms with Crippen LogP contribution in [0.15, 0.2) is 52.4 Å². The van der Waals surface area contributed by atoms with Gasteiger partial charge in [-0.3, -0.25) is 0 Å². The minimum atomic E-state index is -3.17. The number of nitrogens with one attached hydrogen (secondary N) is 1. The molecule has 0 aromatic heterocycles. The first-order chi connectivity index (χ1) is 10.8. The van der Waals surface area contributed by atoms with Gasteiger partial charge in [0.1, 0.15) is 0 Å². The number of anilines is 1. The molecule has 2 aromatic carbocycles. The van der Waals surface area contributed by atoms with Gasteiger partial charge in [0.25, 0.3) is 0 Å². The van der Waals surface area contributed by atoms with Crippen molar-refractivity contribution in [2.75, 3.05) is 11.6 Å². The quantitative estimate of drug-likeness (QED) is 0.666. The van der Waals surface area contributed by atoms with E-state index in [1.54, 1.807) is 24.3 Å². The second-order valence-corrected chi connectivity index (χ2v) is 7.56. The summed E-state index contributed by atoms with van der Waals surface area (Å²) in [5.74, 6) is 0.320. The Balaban J connectivity index is 2.03. The lowest BCUT2D eigenvalue weighted by molar-refractivity contribution is 0.602. The van der Waals surface area contributed by atoms with Crippen LogP contribution in [0.3, 0.4) is 0 Å². The maximum atomic E-state index is 11.4. The molecule has 0 spiro atoms. The van der Waals surface area contributed by atoms with Crippen LogP contribution in [0.5, 0.6) is 0 Å². The Kier molecular flexibility index (Phi) is 5.05. The maximum Gasteiger partial charge on any atom is 0.193 e. The van der Waals surface area contributed by atoms with Crippen LogP contribution < -0.4 is 11.1 Å². The normalized spacial score (nSPS) is 12.2. The van der Waals surface area contributed by atoms with Gasteiger partial charge in [0.05, 0.1) is 11.4 Å². The number of benzene rings is 2. The molecule has 122 valence electrons. The number of hydrogen-bond acceptors (Lipinski definition) is 3. The lowest BCUT2D eigenvalue weighted by Gasteiger charge is -2.08. The standard InChI is InChI=1S/C17H21N3O2S/c1-12-4-7-15(10-13(12)2)20-17(18)19-11-14-5-8-16(9-6-14)23(3,21)22/h4-10H,11H2,1-3H3,(H3,18,19,20). The SMILES string of the molecule is Cc1ccc(NC(N)=NCc2ccc(S(C)(=O)=O)cc2)cc1C. The highest BCUT2D eigenvalue weighted by Gasteiger charge is 2.05. The lowest BCUT2D eigenvalue weighted by atomic mass is 10.1. The Morgan fingerprint density at radius 3 is 2.30 bits per heavy atom. The number of rotatable bonds is 4. The van der Waals surface area contributed by atoms with Crippen molar-refractivity contribution in [1.82, 2.24) is 0 Å². The predicted molar refractivity (Wildman–Crippen MR) is 94.4 cm³/mol. The zero-order chi connectivity index (χ0) is 17.0. The van der Waals surface area contributed by atoms with Gasteiger partial charge in [-0.1, -0.05) is 18.2 Å². The van der Waals surface area contributed by atoms with E-state index in [4.69, 9.17) is 5.73 Å². The van der Waals surface area contributed by atoms with Gasteiger partial charge in [-0.2, -0.15) is 0 Å². The van der Waals surface area contributed by atoms with Crippen LogP contribution in [0.4, 0.5) is 5.69 Å². The minimum absolute atomic E-state index is 0.298. The van der Waals surface area contributed by atoms with Crippen LogP contribution in [0.1, 0.15) is 16.7 Å².